The third-order valence-corrected chi connectivity index (χ3v) is 5.45. The van der Waals surface area contributed by atoms with Crippen molar-refractivity contribution in [1.29, 1.82) is 0 Å². The third kappa shape index (κ3) is 3.44. The molecule has 0 radical (unpaired) electrons. The molecule has 0 saturated heterocycles. The van der Waals surface area contributed by atoms with Gasteiger partial charge in [-0.25, -0.2) is 9.97 Å². The quantitative estimate of drug-likeness (QED) is 0.682. The Morgan fingerprint density at radius 3 is 2.85 bits per heavy atom. The van der Waals surface area contributed by atoms with Gasteiger partial charge in [-0.1, -0.05) is 13.8 Å². The first kappa shape index (κ1) is 18.0. The van der Waals surface area contributed by atoms with Crippen LogP contribution in [0.25, 0.3) is 10.9 Å². The number of benzene rings is 1. The summed E-state index contributed by atoms with van der Waals surface area (Å²) in [5.74, 6) is 2.25. The van der Waals surface area contributed by atoms with E-state index in [2.05, 4.69) is 53.6 Å². The second kappa shape index (κ2) is 7.31. The molecule has 3 heterocycles. The lowest BCUT2D eigenvalue weighted by atomic mass is 10.1. The topological polar surface area (TPSA) is 43.2 Å². The molecule has 2 aromatic heterocycles. The van der Waals surface area contributed by atoms with Crippen molar-refractivity contribution in [3.05, 3.63) is 53.2 Å². The number of fused-ring (bicyclic) bond motifs is 2. The molecule has 1 aromatic carbocycles. The lowest BCUT2D eigenvalue weighted by molar-refractivity contribution is 0.243. The number of rotatable bonds is 5. The molecule has 0 spiro atoms. The molecule has 27 heavy (non-hydrogen) atoms. The number of aryl methyl sites for hydroxylation is 1. The number of hydrogen-bond acceptors (Lipinski definition) is 4. The monoisotopic (exact) mass is 364 g/mol. The van der Waals surface area contributed by atoms with Crippen LogP contribution < -0.4 is 4.74 Å². The van der Waals surface area contributed by atoms with E-state index >= 15 is 0 Å². The summed E-state index contributed by atoms with van der Waals surface area (Å²) in [7, 11) is 1.73. The molecule has 0 saturated carbocycles. The van der Waals surface area contributed by atoms with Gasteiger partial charge in [-0.2, -0.15) is 0 Å². The number of hydrogen-bond donors (Lipinski definition) is 0. The standard InChI is InChI=1S/C22H28N4O/c1-5-26-14-17(19-10-18(27-4)6-7-21(19)26)13-25-9-8-20-16(12-25)11-23-22(24-20)15(2)3/h6-7,10-11,14-15H,5,8-9,12-13H2,1-4H3. The largest absolute Gasteiger partial charge is 0.497 e. The van der Waals surface area contributed by atoms with Crippen molar-refractivity contribution < 1.29 is 4.74 Å². The van der Waals surface area contributed by atoms with Crippen LogP contribution in [0, 0.1) is 0 Å². The van der Waals surface area contributed by atoms with E-state index < -0.39 is 0 Å². The lowest BCUT2D eigenvalue weighted by Crippen LogP contribution is -2.31. The molecule has 1 aliphatic rings. The van der Waals surface area contributed by atoms with E-state index in [1.54, 1.807) is 7.11 Å². The summed E-state index contributed by atoms with van der Waals surface area (Å²) in [6.45, 7) is 10.3. The van der Waals surface area contributed by atoms with Gasteiger partial charge in [0, 0.05) is 73.1 Å². The van der Waals surface area contributed by atoms with Gasteiger partial charge < -0.3 is 9.30 Å². The van der Waals surface area contributed by atoms with Crippen LogP contribution in [0.1, 0.15) is 49.3 Å². The minimum absolute atomic E-state index is 0.378. The van der Waals surface area contributed by atoms with Crippen LogP contribution in [0.2, 0.25) is 0 Å². The van der Waals surface area contributed by atoms with Crippen LogP contribution in [-0.4, -0.2) is 33.1 Å². The maximum absolute atomic E-state index is 5.45. The van der Waals surface area contributed by atoms with Crippen molar-refractivity contribution in [3.63, 3.8) is 0 Å². The third-order valence-electron chi connectivity index (χ3n) is 5.45. The normalized spacial score (nSPS) is 14.7. The Kier molecular flexibility index (Phi) is 4.87. The molecule has 5 heteroatoms. The Morgan fingerprint density at radius 1 is 1.26 bits per heavy atom. The fourth-order valence-corrected chi connectivity index (χ4v) is 3.91. The second-order valence-electron chi connectivity index (χ2n) is 7.64. The predicted octanol–water partition coefficient (Wildman–Crippen LogP) is 4.14. The molecule has 0 fully saturated rings. The van der Waals surface area contributed by atoms with Gasteiger partial charge in [-0.15, -0.1) is 0 Å². The first-order chi connectivity index (χ1) is 13.1. The molecular formula is C22H28N4O. The molecule has 0 N–H and O–H groups in total. The first-order valence-corrected chi connectivity index (χ1v) is 9.81. The summed E-state index contributed by atoms with van der Waals surface area (Å²) < 4.78 is 7.77. The lowest BCUT2D eigenvalue weighted by Gasteiger charge is -2.28. The SMILES string of the molecule is CCn1cc(CN2CCc3nc(C(C)C)ncc3C2)c2cc(OC)ccc21. The zero-order valence-corrected chi connectivity index (χ0v) is 16.7. The van der Waals surface area contributed by atoms with Crippen LogP contribution in [0.15, 0.2) is 30.6 Å². The van der Waals surface area contributed by atoms with E-state index in [0.29, 0.717) is 5.92 Å². The van der Waals surface area contributed by atoms with Crippen molar-refractivity contribution in [1.82, 2.24) is 19.4 Å². The minimum atomic E-state index is 0.378. The second-order valence-corrected chi connectivity index (χ2v) is 7.64. The summed E-state index contributed by atoms with van der Waals surface area (Å²) in [4.78, 5) is 11.8. The summed E-state index contributed by atoms with van der Waals surface area (Å²) in [6.07, 6.45) is 5.31. The zero-order chi connectivity index (χ0) is 19.0. The van der Waals surface area contributed by atoms with Crippen molar-refractivity contribution in [2.45, 2.75) is 52.7 Å². The summed E-state index contributed by atoms with van der Waals surface area (Å²) in [5.41, 5.74) is 5.12. The zero-order valence-electron chi connectivity index (χ0n) is 16.7. The van der Waals surface area contributed by atoms with E-state index in [-0.39, 0.29) is 0 Å². The van der Waals surface area contributed by atoms with Crippen LogP contribution in [0.4, 0.5) is 0 Å². The number of nitrogens with zero attached hydrogens (tertiary/aromatic N) is 4. The number of aromatic nitrogens is 3. The van der Waals surface area contributed by atoms with Gasteiger partial charge in [0.05, 0.1) is 7.11 Å². The highest BCUT2D eigenvalue weighted by Crippen LogP contribution is 2.28. The highest BCUT2D eigenvalue weighted by atomic mass is 16.5. The molecule has 3 aromatic rings. The Hall–Kier alpha value is -2.40. The van der Waals surface area contributed by atoms with Gasteiger partial charge in [0.25, 0.3) is 0 Å². The average molecular weight is 364 g/mol. The Morgan fingerprint density at radius 2 is 2.11 bits per heavy atom. The average Bonchev–Trinajstić information content (AvgIpc) is 3.04. The van der Waals surface area contributed by atoms with Crippen molar-refractivity contribution >= 4 is 10.9 Å². The van der Waals surface area contributed by atoms with E-state index in [0.717, 1.165) is 44.2 Å². The maximum Gasteiger partial charge on any atom is 0.131 e. The maximum atomic E-state index is 5.45. The van der Waals surface area contributed by atoms with Crippen molar-refractivity contribution in [2.75, 3.05) is 13.7 Å². The van der Waals surface area contributed by atoms with Crippen molar-refractivity contribution in [2.24, 2.45) is 0 Å². The van der Waals surface area contributed by atoms with Gasteiger partial charge in [-0.05, 0) is 30.7 Å². The molecule has 5 nitrogen and oxygen atoms in total. The van der Waals surface area contributed by atoms with Crippen molar-refractivity contribution in [3.8, 4) is 5.75 Å². The minimum Gasteiger partial charge on any atom is -0.497 e. The number of methoxy groups -OCH3 is 1. The molecule has 0 unspecified atom stereocenters. The molecular weight excluding hydrogens is 336 g/mol. The van der Waals surface area contributed by atoms with Gasteiger partial charge in [0.1, 0.15) is 11.6 Å². The Balaban J connectivity index is 1.59. The highest BCUT2D eigenvalue weighted by molar-refractivity contribution is 5.85. The fraction of sp³-hybridized carbons (Fsp3) is 0.455. The molecule has 1 aliphatic heterocycles. The van der Waals surface area contributed by atoms with Crippen LogP contribution in [0.3, 0.4) is 0 Å². The summed E-state index contributed by atoms with van der Waals surface area (Å²) in [6, 6.07) is 6.36. The molecule has 0 aliphatic carbocycles. The van der Waals surface area contributed by atoms with E-state index in [4.69, 9.17) is 9.72 Å². The molecule has 4 rings (SSSR count). The smallest absolute Gasteiger partial charge is 0.131 e. The summed E-state index contributed by atoms with van der Waals surface area (Å²) >= 11 is 0. The van der Waals surface area contributed by atoms with E-state index in [1.165, 1.54) is 27.7 Å². The van der Waals surface area contributed by atoms with E-state index in [9.17, 15) is 0 Å². The Bertz CT molecular complexity index is 960. The van der Waals surface area contributed by atoms with Gasteiger partial charge >= 0.3 is 0 Å². The molecule has 0 amide bonds. The fourth-order valence-electron chi connectivity index (χ4n) is 3.91. The molecule has 0 atom stereocenters. The van der Waals surface area contributed by atoms with Crippen LogP contribution in [0.5, 0.6) is 5.75 Å². The predicted molar refractivity (Wildman–Crippen MR) is 108 cm³/mol. The van der Waals surface area contributed by atoms with Crippen LogP contribution >= 0.6 is 0 Å². The summed E-state index contributed by atoms with van der Waals surface area (Å²) in [5, 5.41) is 1.29. The number of ether oxygens (including phenoxy) is 1. The first-order valence-electron chi connectivity index (χ1n) is 9.81. The highest BCUT2D eigenvalue weighted by Gasteiger charge is 2.20. The Labute approximate surface area is 161 Å². The molecule has 0 bridgehead atoms. The van der Waals surface area contributed by atoms with E-state index in [1.807, 2.05) is 12.3 Å². The van der Waals surface area contributed by atoms with Gasteiger partial charge in [0.2, 0.25) is 0 Å². The van der Waals surface area contributed by atoms with Gasteiger partial charge in [0.15, 0.2) is 0 Å². The van der Waals surface area contributed by atoms with Crippen LogP contribution in [-0.2, 0) is 26.1 Å². The van der Waals surface area contributed by atoms with Gasteiger partial charge in [-0.3, -0.25) is 4.90 Å². The molecule has 142 valence electrons.